The van der Waals surface area contributed by atoms with Crippen LogP contribution < -0.4 is 21.6 Å². The maximum atomic E-state index is 13.7. The number of carbonyl (C=O) groups is 1. The summed E-state index contributed by atoms with van der Waals surface area (Å²) < 4.78 is 7.21. The summed E-state index contributed by atoms with van der Waals surface area (Å²) in [6.45, 7) is 5.47. The lowest BCUT2D eigenvalue weighted by Crippen LogP contribution is -2.46. The van der Waals surface area contributed by atoms with Crippen molar-refractivity contribution >= 4 is 34.9 Å². The molecule has 1 aromatic heterocycles. The van der Waals surface area contributed by atoms with Gasteiger partial charge in [0.25, 0.3) is 0 Å². The first-order valence-electron chi connectivity index (χ1n) is 12.5. The number of aromatic nitrogens is 3. The van der Waals surface area contributed by atoms with E-state index in [1.807, 2.05) is 36.4 Å². The summed E-state index contributed by atoms with van der Waals surface area (Å²) in [4.78, 5) is 45.4. The van der Waals surface area contributed by atoms with Gasteiger partial charge in [0.15, 0.2) is 0 Å². The SMILES string of the molecule is COC(=O)[C@@H](C)[C@@H](C)n1c(=O)nc(Nc2ccc(N3CCCCC3)cc2)n(Cc2ccc(Cl)cc2)c1=O. The van der Waals surface area contributed by atoms with Crippen molar-refractivity contribution in [2.45, 2.75) is 45.7 Å². The number of benzene rings is 2. The van der Waals surface area contributed by atoms with Crippen molar-refractivity contribution in [3.63, 3.8) is 0 Å². The van der Waals surface area contributed by atoms with Crippen LogP contribution in [0.4, 0.5) is 17.3 Å². The number of esters is 1. The van der Waals surface area contributed by atoms with Crippen LogP contribution in [0.15, 0.2) is 58.1 Å². The van der Waals surface area contributed by atoms with Gasteiger partial charge in [-0.3, -0.25) is 9.36 Å². The predicted molar refractivity (Wildman–Crippen MR) is 145 cm³/mol. The molecule has 10 heteroatoms. The Kier molecular flexibility index (Phi) is 8.33. The van der Waals surface area contributed by atoms with E-state index < -0.39 is 29.3 Å². The molecule has 0 spiro atoms. The first-order chi connectivity index (χ1) is 17.8. The minimum Gasteiger partial charge on any atom is -0.469 e. The minimum absolute atomic E-state index is 0.116. The molecule has 0 saturated carbocycles. The summed E-state index contributed by atoms with van der Waals surface area (Å²) in [5.41, 5.74) is 1.32. The van der Waals surface area contributed by atoms with Crippen LogP contribution in [0.1, 0.15) is 44.7 Å². The van der Waals surface area contributed by atoms with Gasteiger partial charge in [-0.15, -0.1) is 0 Å². The van der Waals surface area contributed by atoms with E-state index in [-0.39, 0.29) is 12.5 Å². The monoisotopic (exact) mass is 525 g/mol. The summed E-state index contributed by atoms with van der Waals surface area (Å²) in [5.74, 6) is -1.12. The van der Waals surface area contributed by atoms with Gasteiger partial charge in [0, 0.05) is 29.5 Å². The molecule has 2 heterocycles. The van der Waals surface area contributed by atoms with Crippen molar-refractivity contribution in [2.75, 3.05) is 30.4 Å². The summed E-state index contributed by atoms with van der Waals surface area (Å²) in [6, 6.07) is 14.2. The van der Waals surface area contributed by atoms with Crippen molar-refractivity contribution in [3.05, 3.63) is 80.1 Å². The van der Waals surface area contributed by atoms with Gasteiger partial charge in [0.05, 0.1) is 25.6 Å². The number of anilines is 3. The Morgan fingerprint density at radius 2 is 1.68 bits per heavy atom. The van der Waals surface area contributed by atoms with Gasteiger partial charge >= 0.3 is 17.3 Å². The number of hydrogen-bond acceptors (Lipinski definition) is 7. The quantitative estimate of drug-likeness (QED) is 0.440. The third kappa shape index (κ3) is 6.05. The molecule has 3 aromatic rings. The number of halogens is 1. The highest BCUT2D eigenvalue weighted by Crippen LogP contribution is 2.23. The number of rotatable bonds is 8. The lowest BCUT2D eigenvalue weighted by atomic mass is 10.0. The van der Waals surface area contributed by atoms with Crippen molar-refractivity contribution < 1.29 is 9.53 Å². The molecule has 1 fully saturated rings. The molecule has 0 aliphatic carbocycles. The third-order valence-corrected chi connectivity index (χ3v) is 7.15. The van der Waals surface area contributed by atoms with Crippen molar-refractivity contribution in [3.8, 4) is 0 Å². The van der Waals surface area contributed by atoms with E-state index in [1.165, 1.54) is 30.9 Å². The van der Waals surface area contributed by atoms with E-state index in [0.29, 0.717) is 10.7 Å². The fourth-order valence-electron chi connectivity index (χ4n) is 4.51. The summed E-state index contributed by atoms with van der Waals surface area (Å²) in [5, 5.41) is 3.72. The summed E-state index contributed by atoms with van der Waals surface area (Å²) in [6.07, 6.45) is 3.63. The highest BCUT2D eigenvalue weighted by atomic mass is 35.5. The summed E-state index contributed by atoms with van der Waals surface area (Å²) in [7, 11) is 1.27. The topological polar surface area (TPSA) is 98.5 Å². The average Bonchev–Trinajstić information content (AvgIpc) is 2.91. The van der Waals surface area contributed by atoms with Crippen LogP contribution in [0.3, 0.4) is 0 Å². The van der Waals surface area contributed by atoms with Crippen molar-refractivity contribution in [2.24, 2.45) is 5.92 Å². The molecule has 0 unspecified atom stereocenters. The third-order valence-electron chi connectivity index (χ3n) is 6.90. The predicted octanol–water partition coefficient (Wildman–Crippen LogP) is 4.21. The van der Waals surface area contributed by atoms with Crippen LogP contribution in [0.25, 0.3) is 0 Å². The minimum atomic E-state index is -0.755. The second-order valence-corrected chi connectivity index (χ2v) is 9.79. The zero-order valence-corrected chi connectivity index (χ0v) is 22.1. The van der Waals surface area contributed by atoms with Gasteiger partial charge in [-0.25, -0.2) is 14.2 Å². The fourth-order valence-corrected chi connectivity index (χ4v) is 4.64. The van der Waals surface area contributed by atoms with Crippen molar-refractivity contribution in [1.29, 1.82) is 0 Å². The van der Waals surface area contributed by atoms with Crippen LogP contribution in [0.2, 0.25) is 5.02 Å². The number of hydrogen-bond donors (Lipinski definition) is 1. The van der Waals surface area contributed by atoms with Gasteiger partial charge in [-0.1, -0.05) is 23.7 Å². The van der Waals surface area contributed by atoms with E-state index in [0.717, 1.165) is 28.9 Å². The van der Waals surface area contributed by atoms with Gasteiger partial charge in [-0.2, -0.15) is 4.98 Å². The lowest BCUT2D eigenvalue weighted by Gasteiger charge is -2.29. The molecule has 37 heavy (non-hydrogen) atoms. The number of piperidine rings is 1. The van der Waals surface area contributed by atoms with Crippen LogP contribution in [0.5, 0.6) is 0 Å². The Hall–Kier alpha value is -3.59. The Balaban J connectivity index is 1.71. The highest BCUT2D eigenvalue weighted by Gasteiger charge is 2.27. The molecule has 9 nitrogen and oxygen atoms in total. The first kappa shape index (κ1) is 26.5. The van der Waals surface area contributed by atoms with Crippen LogP contribution in [0, 0.1) is 5.92 Å². The fraction of sp³-hybridized carbons (Fsp3) is 0.407. The van der Waals surface area contributed by atoms with E-state index >= 15 is 0 Å². The second-order valence-electron chi connectivity index (χ2n) is 9.36. The molecule has 196 valence electrons. The largest absolute Gasteiger partial charge is 0.469 e. The maximum absolute atomic E-state index is 13.7. The number of ether oxygens (including phenoxy) is 1. The van der Waals surface area contributed by atoms with Gasteiger partial charge in [0.1, 0.15) is 0 Å². The van der Waals surface area contributed by atoms with Gasteiger partial charge in [-0.05, 0) is 75.1 Å². The first-order valence-corrected chi connectivity index (χ1v) is 12.8. The zero-order valence-electron chi connectivity index (χ0n) is 21.3. The highest BCUT2D eigenvalue weighted by molar-refractivity contribution is 6.30. The molecule has 2 atom stereocenters. The molecule has 1 aliphatic heterocycles. The van der Waals surface area contributed by atoms with Crippen LogP contribution in [-0.2, 0) is 16.1 Å². The number of nitrogens with zero attached hydrogens (tertiary/aromatic N) is 4. The van der Waals surface area contributed by atoms with Crippen LogP contribution >= 0.6 is 11.6 Å². The molecule has 4 rings (SSSR count). The molecule has 1 saturated heterocycles. The van der Waals surface area contributed by atoms with E-state index in [1.54, 1.807) is 26.0 Å². The van der Waals surface area contributed by atoms with Gasteiger partial charge in [0.2, 0.25) is 5.95 Å². The van der Waals surface area contributed by atoms with Gasteiger partial charge < -0.3 is 15.0 Å². The summed E-state index contributed by atoms with van der Waals surface area (Å²) >= 11 is 6.03. The molecule has 1 N–H and O–H groups in total. The molecular weight excluding hydrogens is 494 g/mol. The standard InChI is InChI=1S/C27H32ClN5O4/c1-18(24(34)37-3)19(2)33-26(35)30-25(32(27(33)36)17-20-7-9-21(28)10-8-20)29-22-11-13-23(14-12-22)31-15-5-4-6-16-31/h7-14,18-19H,4-6,15-17H2,1-3H3,(H,29,30,35)/t18-,19+/m0/s1. The lowest BCUT2D eigenvalue weighted by molar-refractivity contribution is -0.146. The molecule has 1 aliphatic rings. The molecule has 0 bridgehead atoms. The normalized spacial score (nSPS) is 15.2. The van der Waals surface area contributed by atoms with E-state index in [2.05, 4.69) is 15.2 Å². The second kappa shape index (κ2) is 11.6. The molecule has 2 aromatic carbocycles. The smallest absolute Gasteiger partial charge is 0.355 e. The van der Waals surface area contributed by atoms with E-state index in [9.17, 15) is 14.4 Å². The Morgan fingerprint density at radius 3 is 2.30 bits per heavy atom. The zero-order chi connectivity index (χ0) is 26.5. The maximum Gasteiger partial charge on any atom is 0.355 e. The Bertz CT molecular complexity index is 1350. The van der Waals surface area contributed by atoms with Crippen molar-refractivity contribution in [1.82, 2.24) is 14.1 Å². The molecular formula is C27H32ClN5O4. The average molecular weight is 526 g/mol. The Labute approximate surface area is 220 Å². The Morgan fingerprint density at radius 1 is 1.03 bits per heavy atom. The number of carbonyl (C=O) groups excluding carboxylic acids is 1. The number of methoxy groups -OCH3 is 1. The van der Waals surface area contributed by atoms with E-state index in [4.69, 9.17) is 16.3 Å². The van der Waals surface area contributed by atoms with Crippen LogP contribution in [-0.4, -0.2) is 40.3 Å². The molecule has 0 amide bonds. The molecule has 0 radical (unpaired) electrons. The number of nitrogens with one attached hydrogen (secondary N) is 1.